The topological polar surface area (TPSA) is 69.0 Å². The van der Waals surface area contributed by atoms with E-state index in [4.69, 9.17) is 4.74 Å². The Hall–Kier alpha value is -3.19. The lowest BCUT2D eigenvalue weighted by molar-refractivity contribution is 0.102. The number of carbonyl (C=O) groups excluding carboxylic acids is 1. The zero-order chi connectivity index (χ0) is 19.0. The molecule has 4 aromatic rings. The van der Waals surface area contributed by atoms with E-state index in [1.165, 1.54) is 11.3 Å². The molecule has 0 atom stereocenters. The van der Waals surface area contributed by atoms with Crippen LogP contribution in [-0.4, -0.2) is 27.8 Å². The molecule has 1 N–H and O–H groups in total. The molecule has 1 amide bonds. The smallest absolute Gasteiger partial charge is 0.260 e. The van der Waals surface area contributed by atoms with Crippen molar-refractivity contribution in [1.82, 2.24) is 14.8 Å². The van der Waals surface area contributed by atoms with Crippen molar-refractivity contribution in [2.45, 2.75) is 13.8 Å². The molecule has 0 bridgehead atoms. The van der Waals surface area contributed by atoms with E-state index in [1.54, 1.807) is 18.0 Å². The molecule has 0 fully saturated rings. The van der Waals surface area contributed by atoms with Crippen LogP contribution in [-0.2, 0) is 0 Å². The number of benzene rings is 2. The van der Waals surface area contributed by atoms with Crippen LogP contribution < -0.4 is 10.1 Å². The average molecular weight is 378 g/mol. The molecule has 0 aliphatic carbocycles. The Bertz CT molecular complexity index is 1150. The summed E-state index contributed by atoms with van der Waals surface area (Å²) in [5.74, 6) is 0.539. The number of aromatic nitrogens is 3. The molecule has 0 unspecified atom stereocenters. The Balaban J connectivity index is 1.60. The van der Waals surface area contributed by atoms with Crippen molar-refractivity contribution in [3.63, 3.8) is 0 Å². The van der Waals surface area contributed by atoms with E-state index in [9.17, 15) is 4.79 Å². The Kier molecular flexibility index (Phi) is 4.37. The Morgan fingerprint density at radius 3 is 2.81 bits per heavy atom. The minimum absolute atomic E-state index is 0.225. The maximum atomic E-state index is 12.7. The summed E-state index contributed by atoms with van der Waals surface area (Å²) < 4.78 is 7.96. The molecular formula is C20H18N4O2S. The van der Waals surface area contributed by atoms with Crippen LogP contribution in [0.2, 0.25) is 0 Å². The summed E-state index contributed by atoms with van der Waals surface area (Å²) in [6.07, 6.45) is 1.59. The Morgan fingerprint density at radius 1 is 1.19 bits per heavy atom. The Labute approximate surface area is 160 Å². The Morgan fingerprint density at radius 2 is 2.04 bits per heavy atom. The second kappa shape index (κ2) is 6.85. The fourth-order valence-corrected chi connectivity index (χ4v) is 3.79. The lowest BCUT2D eigenvalue weighted by atomic mass is 10.2. The van der Waals surface area contributed by atoms with Gasteiger partial charge in [-0.25, -0.2) is 9.67 Å². The molecule has 2 heterocycles. The molecule has 0 saturated heterocycles. The molecule has 6 nitrogen and oxygen atoms in total. The number of methoxy groups -OCH3 is 1. The summed E-state index contributed by atoms with van der Waals surface area (Å²) in [5.41, 5.74) is 4.19. The first kappa shape index (κ1) is 17.2. The minimum Gasteiger partial charge on any atom is -0.497 e. The van der Waals surface area contributed by atoms with Gasteiger partial charge in [0.1, 0.15) is 5.75 Å². The molecule has 0 saturated carbocycles. The summed E-state index contributed by atoms with van der Waals surface area (Å²) in [6, 6.07) is 13.6. The quantitative estimate of drug-likeness (QED) is 0.573. The normalized spacial score (nSPS) is 10.9. The zero-order valence-electron chi connectivity index (χ0n) is 15.2. The van der Waals surface area contributed by atoms with Crippen LogP contribution in [0.3, 0.4) is 0 Å². The van der Waals surface area contributed by atoms with Crippen molar-refractivity contribution in [2.24, 2.45) is 0 Å². The van der Waals surface area contributed by atoms with Crippen LogP contribution in [0.5, 0.6) is 5.75 Å². The number of aryl methyl sites for hydroxylation is 1. The highest BCUT2D eigenvalue weighted by atomic mass is 32.1. The van der Waals surface area contributed by atoms with Crippen molar-refractivity contribution in [3.8, 4) is 11.4 Å². The van der Waals surface area contributed by atoms with Gasteiger partial charge in [0, 0.05) is 0 Å². The van der Waals surface area contributed by atoms with E-state index in [0.717, 1.165) is 32.9 Å². The number of thiazole rings is 1. The highest BCUT2D eigenvalue weighted by molar-refractivity contribution is 7.22. The molecule has 27 heavy (non-hydrogen) atoms. The van der Waals surface area contributed by atoms with Crippen molar-refractivity contribution in [2.75, 3.05) is 12.4 Å². The lowest BCUT2D eigenvalue weighted by Crippen LogP contribution is -2.13. The van der Waals surface area contributed by atoms with Crippen molar-refractivity contribution in [3.05, 3.63) is 65.5 Å². The average Bonchev–Trinajstić information content (AvgIpc) is 3.23. The molecule has 136 valence electrons. The van der Waals surface area contributed by atoms with Crippen LogP contribution in [0.4, 0.5) is 5.13 Å². The third kappa shape index (κ3) is 3.29. The molecule has 0 radical (unpaired) electrons. The number of carbonyl (C=O) groups is 1. The third-order valence-electron chi connectivity index (χ3n) is 4.32. The van der Waals surface area contributed by atoms with E-state index in [1.807, 2.05) is 56.3 Å². The van der Waals surface area contributed by atoms with E-state index < -0.39 is 0 Å². The molecule has 7 heteroatoms. The van der Waals surface area contributed by atoms with Gasteiger partial charge in [0.2, 0.25) is 0 Å². The van der Waals surface area contributed by atoms with Gasteiger partial charge in [0.05, 0.1) is 40.5 Å². The van der Waals surface area contributed by atoms with Gasteiger partial charge in [-0.05, 0) is 49.7 Å². The number of hydrogen-bond donors (Lipinski definition) is 1. The van der Waals surface area contributed by atoms with Gasteiger partial charge < -0.3 is 4.74 Å². The monoisotopic (exact) mass is 378 g/mol. The van der Waals surface area contributed by atoms with E-state index in [-0.39, 0.29) is 5.91 Å². The van der Waals surface area contributed by atoms with Crippen molar-refractivity contribution >= 4 is 32.6 Å². The van der Waals surface area contributed by atoms with Gasteiger partial charge in [-0.3, -0.25) is 10.1 Å². The van der Waals surface area contributed by atoms with Crippen LogP contribution in [0, 0.1) is 13.8 Å². The summed E-state index contributed by atoms with van der Waals surface area (Å²) in [7, 11) is 1.62. The minimum atomic E-state index is -0.225. The first-order chi connectivity index (χ1) is 13.0. The van der Waals surface area contributed by atoms with Crippen LogP contribution in [0.25, 0.3) is 15.9 Å². The number of nitrogens with zero attached hydrogens (tertiary/aromatic N) is 3. The summed E-state index contributed by atoms with van der Waals surface area (Å²) in [5, 5.41) is 7.80. The van der Waals surface area contributed by atoms with Crippen LogP contribution in [0.1, 0.15) is 21.6 Å². The highest BCUT2D eigenvalue weighted by Crippen LogP contribution is 2.29. The molecule has 2 aromatic heterocycles. The third-order valence-corrected chi connectivity index (χ3v) is 5.25. The van der Waals surface area contributed by atoms with E-state index >= 15 is 0 Å². The number of fused-ring (bicyclic) bond motifs is 1. The maximum Gasteiger partial charge on any atom is 0.260 e. The number of hydrogen-bond acceptors (Lipinski definition) is 5. The molecule has 4 rings (SSSR count). The van der Waals surface area contributed by atoms with Crippen molar-refractivity contribution in [1.29, 1.82) is 0 Å². The first-order valence-corrected chi connectivity index (χ1v) is 9.24. The molecule has 0 aliphatic heterocycles. The number of anilines is 1. The predicted octanol–water partition coefficient (Wildman–Crippen LogP) is 4.36. The van der Waals surface area contributed by atoms with E-state index in [2.05, 4.69) is 15.4 Å². The number of ether oxygens (including phenoxy) is 1. The highest BCUT2D eigenvalue weighted by Gasteiger charge is 2.17. The molecule has 0 aliphatic rings. The maximum absolute atomic E-state index is 12.7. The van der Waals surface area contributed by atoms with Gasteiger partial charge in [-0.2, -0.15) is 5.10 Å². The molecule has 0 spiro atoms. The fraction of sp³-hybridized carbons (Fsp3) is 0.150. The van der Waals surface area contributed by atoms with Crippen LogP contribution in [0.15, 0.2) is 48.7 Å². The standard InChI is InChI=1S/C20H18N4O2S/c1-12-5-4-6-14(9-12)24-13(2)16(11-21-24)19(25)23-20-22-17-8-7-15(26-3)10-18(17)27-20/h4-11H,1-3H3,(H,22,23,25). The fourth-order valence-electron chi connectivity index (χ4n) is 2.90. The van der Waals surface area contributed by atoms with Gasteiger partial charge in [-0.15, -0.1) is 0 Å². The first-order valence-electron chi connectivity index (χ1n) is 8.43. The number of amides is 1. The largest absolute Gasteiger partial charge is 0.497 e. The summed E-state index contributed by atoms with van der Waals surface area (Å²) >= 11 is 1.41. The van der Waals surface area contributed by atoms with Gasteiger partial charge in [0.25, 0.3) is 5.91 Å². The van der Waals surface area contributed by atoms with Crippen molar-refractivity contribution < 1.29 is 9.53 Å². The zero-order valence-corrected chi connectivity index (χ0v) is 16.0. The lowest BCUT2D eigenvalue weighted by Gasteiger charge is -2.06. The second-order valence-electron chi connectivity index (χ2n) is 6.20. The molecular weight excluding hydrogens is 360 g/mol. The van der Waals surface area contributed by atoms with Gasteiger partial charge in [0.15, 0.2) is 5.13 Å². The van der Waals surface area contributed by atoms with Crippen LogP contribution >= 0.6 is 11.3 Å². The SMILES string of the molecule is COc1ccc2nc(NC(=O)c3cnn(-c4cccc(C)c4)c3C)sc2c1. The predicted molar refractivity (Wildman–Crippen MR) is 107 cm³/mol. The summed E-state index contributed by atoms with van der Waals surface area (Å²) in [6.45, 7) is 3.91. The number of nitrogens with one attached hydrogen (secondary N) is 1. The second-order valence-corrected chi connectivity index (χ2v) is 7.23. The van der Waals surface area contributed by atoms with Gasteiger partial charge >= 0.3 is 0 Å². The number of rotatable bonds is 4. The summed E-state index contributed by atoms with van der Waals surface area (Å²) in [4.78, 5) is 17.2. The molecule has 2 aromatic carbocycles. The van der Waals surface area contributed by atoms with E-state index in [0.29, 0.717) is 10.7 Å². The van der Waals surface area contributed by atoms with Gasteiger partial charge in [-0.1, -0.05) is 23.5 Å².